The van der Waals surface area contributed by atoms with Gasteiger partial charge in [0.05, 0.1) is 31.0 Å². The molecule has 4 nitrogen and oxygen atoms in total. The molecule has 0 saturated carbocycles. The van der Waals surface area contributed by atoms with E-state index in [1.165, 1.54) is 4.88 Å². The summed E-state index contributed by atoms with van der Waals surface area (Å²) < 4.78 is 11.3. The molecule has 0 atom stereocenters. The number of aliphatic hydroxyl groups is 1. The average Bonchev–Trinajstić information content (AvgIpc) is 2.86. The molecule has 0 fully saturated rings. The molecule has 0 aliphatic heterocycles. The van der Waals surface area contributed by atoms with Gasteiger partial charge in [-0.2, -0.15) is 0 Å². The van der Waals surface area contributed by atoms with Gasteiger partial charge in [-0.3, -0.25) is 0 Å². The van der Waals surface area contributed by atoms with Gasteiger partial charge in [0.25, 0.3) is 0 Å². The molecule has 5 heteroatoms. The Labute approximate surface area is 123 Å². The number of aliphatic hydroxyl groups excluding tert-OH is 1. The van der Waals surface area contributed by atoms with E-state index in [1.54, 1.807) is 11.3 Å². The van der Waals surface area contributed by atoms with Crippen LogP contribution in [0.1, 0.15) is 23.1 Å². The lowest BCUT2D eigenvalue weighted by molar-refractivity contribution is 0.270. The number of hydrogen-bond acceptors (Lipinski definition) is 5. The van der Waals surface area contributed by atoms with E-state index in [2.05, 4.69) is 4.98 Å². The Hall–Kier alpha value is -1.59. The summed E-state index contributed by atoms with van der Waals surface area (Å²) in [4.78, 5) is 5.47. The van der Waals surface area contributed by atoms with E-state index in [0.717, 1.165) is 17.7 Å². The minimum absolute atomic E-state index is 0.000410. The summed E-state index contributed by atoms with van der Waals surface area (Å²) in [6.45, 7) is 5.09. The third-order valence-corrected chi connectivity index (χ3v) is 3.92. The second-order valence-corrected chi connectivity index (χ2v) is 5.27. The number of benzene rings is 1. The van der Waals surface area contributed by atoms with Gasteiger partial charge < -0.3 is 14.6 Å². The second-order valence-electron chi connectivity index (χ2n) is 4.33. The maximum Gasteiger partial charge on any atom is 0.161 e. The third kappa shape index (κ3) is 3.71. The first-order valence-corrected chi connectivity index (χ1v) is 7.51. The van der Waals surface area contributed by atoms with Gasteiger partial charge in [0.2, 0.25) is 0 Å². The molecule has 1 heterocycles. The Kier molecular flexibility index (Phi) is 5.38. The molecule has 108 valence electrons. The van der Waals surface area contributed by atoms with E-state index in [1.807, 2.05) is 37.6 Å². The Bertz CT molecular complexity index is 554. The minimum atomic E-state index is 0.000410. The predicted molar refractivity (Wildman–Crippen MR) is 79.6 cm³/mol. The van der Waals surface area contributed by atoms with Crippen LogP contribution in [0.3, 0.4) is 0 Å². The monoisotopic (exact) mass is 293 g/mol. The molecule has 2 aromatic rings. The number of rotatable bonds is 7. The van der Waals surface area contributed by atoms with Gasteiger partial charge in [-0.15, -0.1) is 11.3 Å². The molecule has 0 saturated heterocycles. The molecule has 0 spiro atoms. The SMILES string of the molecule is CCOc1cc(CO)ccc1OCCc1scnc1C. The van der Waals surface area contributed by atoms with Crippen molar-refractivity contribution < 1.29 is 14.6 Å². The summed E-state index contributed by atoms with van der Waals surface area (Å²) in [5.74, 6) is 1.39. The Balaban J connectivity index is 1.99. The van der Waals surface area contributed by atoms with Gasteiger partial charge in [0, 0.05) is 11.3 Å². The largest absolute Gasteiger partial charge is 0.490 e. The van der Waals surface area contributed by atoms with Crippen molar-refractivity contribution in [3.8, 4) is 11.5 Å². The zero-order valence-corrected chi connectivity index (χ0v) is 12.6. The van der Waals surface area contributed by atoms with Crippen LogP contribution in [0.4, 0.5) is 0 Å². The van der Waals surface area contributed by atoms with Crippen LogP contribution in [0, 0.1) is 6.92 Å². The van der Waals surface area contributed by atoms with Crippen LogP contribution in [0.5, 0.6) is 11.5 Å². The Morgan fingerprint density at radius 2 is 2.10 bits per heavy atom. The van der Waals surface area contributed by atoms with Crippen LogP contribution in [-0.4, -0.2) is 23.3 Å². The molecule has 1 aromatic carbocycles. The maximum atomic E-state index is 9.15. The molecule has 20 heavy (non-hydrogen) atoms. The number of ether oxygens (including phenoxy) is 2. The van der Waals surface area contributed by atoms with Gasteiger partial charge in [0.15, 0.2) is 11.5 Å². The topological polar surface area (TPSA) is 51.6 Å². The lowest BCUT2D eigenvalue weighted by Crippen LogP contribution is -2.04. The fraction of sp³-hybridized carbons (Fsp3) is 0.400. The van der Waals surface area contributed by atoms with Crippen molar-refractivity contribution in [2.24, 2.45) is 0 Å². The van der Waals surface area contributed by atoms with Crippen LogP contribution in [0.25, 0.3) is 0 Å². The van der Waals surface area contributed by atoms with Crippen molar-refractivity contribution in [1.82, 2.24) is 4.98 Å². The molecular weight excluding hydrogens is 274 g/mol. The number of aryl methyl sites for hydroxylation is 1. The molecule has 0 radical (unpaired) electrons. The predicted octanol–water partition coefficient (Wildman–Crippen LogP) is 2.96. The maximum absolute atomic E-state index is 9.15. The summed E-state index contributed by atoms with van der Waals surface area (Å²) in [5, 5.41) is 9.15. The third-order valence-electron chi connectivity index (χ3n) is 2.92. The standard InChI is InChI=1S/C15H19NO3S/c1-3-18-14-8-12(9-17)4-5-13(14)19-7-6-15-11(2)16-10-20-15/h4-5,8,10,17H,3,6-7,9H2,1-2H3. The van der Waals surface area contributed by atoms with Crippen molar-refractivity contribution in [1.29, 1.82) is 0 Å². The average molecular weight is 293 g/mol. The molecular formula is C15H19NO3S. The lowest BCUT2D eigenvalue weighted by Gasteiger charge is -2.12. The molecule has 0 bridgehead atoms. The zero-order valence-electron chi connectivity index (χ0n) is 11.8. The van der Waals surface area contributed by atoms with E-state index < -0.39 is 0 Å². The van der Waals surface area contributed by atoms with Crippen LogP contribution in [0.15, 0.2) is 23.7 Å². The van der Waals surface area contributed by atoms with E-state index >= 15 is 0 Å². The highest BCUT2D eigenvalue weighted by Crippen LogP contribution is 2.29. The van der Waals surface area contributed by atoms with Crippen LogP contribution in [0.2, 0.25) is 0 Å². The first kappa shape index (κ1) is 14.8. The summed E-state index contributed by atoms with van der Waals surface area (Å²) in [6, 6.07) is 5.50. The molecule has 0 unspecified atom stereocenters. The summed E-state index contributed by atoms with van der Waals surface area (Å²) in [7, 11) is 0. The van der Waals surface area contributed by atoms with Gasteiger partial charge in [-0.1, -0.05) is 6.07 Å². The van der Waals surface area contributed by atoms with Gasteiger partial charge in [0.1, 0.15) is 0 Å². The molecule has 1 N–H and O–H groups in total. The number of thiazole rings is 1. The van der Waals surface area contributed by atoms with Gasteiger partial charge in [-0.25, -0.2) is 4.98 Å². The van der Waals surface area contributed by atoms with Crippen molar-refractivity contribution in [2.45, 2.75) is 26.9 Å². The highest BCUT2D eigenvalue weighted by atomic mass is 32.1. The minimum Gasteiger partial charge on any atom is -0.490 e. The van der Waals surface area contributed by atoms with Gasteiger partial charge >= 0.3 is 0 Å². The quantitative estimate of drug-likeness (QED) is 0.852. The molecule has 1 aromatic heterocycles. The Morgan fingerprint density at radius 3 is 2.75 bits per heavy atom. The fourth-order valence-electron chi connectivity index (χ4n) is 1.86. The second kappa shape index (κ2) is 7.26. The highest BCUT2D eigenvalue weighted by Gasteiger charge is 2.07. The first-order chi connectivity index (χ1) is 9.74. The smallest absolute Gasteiger partial charge is 0.161 e. The summed E-state index contributed by atoms with van der Waals surface area (Å²) in [6.07, 6.45) is 0.837. The molecule has 0 amide bonds. The van der Waals surface area contributed by atoms with Crippen molar-refractivity contribution >= 4 is 11.3 Å². The van der Waals surface area contributed by atoms with Crippen molar-refractivity contribution in [3.05, 3.63) is 39.8 Å². The van der Waals surface area contributed by atoms with E-state index in [4.69, 9.17) is 14.6 Å². The molecule has 0 aliphatic rings. The van der Waals surface area contributed by atoms with Crippen molar-refractivity contribution in [3.63, 3.8) is 0 Å². The Morgan fingerprint density at radius 1 is 1.25 bits per heavy atom. The molecule has 0 aliphatic carbocycles. The van der Waals surface area contributed by atoms with Gasteiger partial charge in [-0.05, 0) is 31.5 Å². The highest BCUT2D eigenvalue weighted by molar-refractivity contribution is 7.09. The lowest BCUT2D eigenvalue weighted by atomic mass is 10.2. The van der Waals surface area contributed by atoms with E-state index in [0.29, 0.717) is 24.7 Å². The normalized spacial score (nSPS) is 10.6. The zero-order chi connectivity index (χ0) is 14.4. The number of aromatic nitrogens is 1. The first-order valence-electron chi connectivity index (χ1n) is 6.63. The fourth-order valence-corrected chi connectivity index (χ4v) is 2.62. The number of nitrogens with zero attached hydrogens (tertiary/aromatic N) is 1. The molecule has 2 rings (SSSR count). The number of hydrogen-bond donors (Lipinski definition) is 1. The van der Waals surface area contributed by atoms with E-state index in [-0.39, 0.29) is 6.61 Å². The summed E-state index contributed by atoms with van der Waals surface area (Å²) in [5.41, 5.74) is 3.74. The van der Waals surface area contributed by atoms with Crippen LogP contribution >= 0.6 is 11.3 Å². The van der Waals surface area contributed by atoms with Crippen LogP contribution < -0.4 is 9.47 Å². The summed E-state index contributed by atoms with van der Waals surface area (Å²) >= 11 is 1.65. The van der Waals surface area contributed by atoms with Crippen LogP contribution in [-0.2, 0) is 13.0 Å². The van der Waals surface area contributed by atoms with Crippen molar-refractivity contribution in [2.75, 3.05) is 13.2 Å². The van der Waals surface area contributed by atoms with E-state index in [9.17, 15) is 0 Å².